The Bertz CT molecular complexity index is 488. The van der Waals surface area contributed by atoms with Gasteiger partial charge in [-0.05, 0) is 38.5 Å². The Balaban J connectivity index is 3.10. The van der Waals surface area contributed by atoms with Crippen LogP contribution in [0.1, 0.15) is 27.2 Å². The molecule has 0 aliphatic carbocycles. The zero-order valence-corrected chi connectivity index (χ0v) is 12.7. The molecule has 1 unspecified atom stereocenters. The maximum atomic E-state index is 4.52. The van der Waals surface area contributed by atoms with Gasteiger partial charge in [-0.25, -0.2) is 0 Å². The van der Waals surface area contributed by atoms with E-state index in [1.54, 1.807) is 0 Å². The minimum absolute atomic E-state index is 0.233. The van der Waals surface area contributed by atoms with Crippen molar-refractivity contribution >= 4 is 6.21 Å². The minimum atomic E-state index is 0.233. The van der Waals surface area contributed by atoms with E-state index >= 15 is 0 Å². The highest BCUT2D eigenvalue weighted by atomic mass is 15.5. The maximum Gasteiger partial charge on any atom is 0.0825 e. The van der Waals surface area contributed by atoms with Gasteiger partial charge in [0.15, 0.2) is 0 Å². The molecule has 2 nitrogen and oxygen atoms in total. The van der Waals surface area contributed by atoms with Gasteiger partial charge in [0.05, 0.1) is 11.7 Å². The zero-order chi connectivity index (χ0) is 14.8. The van der Waals surface area contributed by atoms with Gasteiger partial charge >= 0.3 is 0 Å². The van der Waals surface area contributed by atoms with Crippen molar-refractivity contribution in [2.75, 3.05) is 0 Å². The first kappa shape index (κ1) is 16.0. The summed E-state index contributed by atoms with van der Waals surface area (Å²) in [6.07, 6.45) is 21.2. The van der Waals surface area contributed by atoms with Gasteiger partial charge in [-0.15, -0.1) is 0 Å². The number of hydrogen-bond acceptors (Lipinski definition) is 2. The Morgan fingerprint density at radius 1 is 1.15 bits per heavy atom. The molecule has 0 amide bonds. The Kier molecular flexibility index (Phi) is 7.12. The lowest BCUT2D eigenvalue weighted by molar-refractivity contribution is 0.341. The zero-order valence-electron chi connectivity index (χ0n) is 12.7. The number of hydrogen-bond donors (Lipinski definition) is 0. The highest BCUT2D eigenvalue weighted by Gasteiger charge is 2.24. The van der Waals surface area contributed by atoms with E-state index in [4.69, 9.17) is 0 Å². The van der Waals surface area contributed by atoms with Gasteiger partial charge in [0.2, 0.25) is 0 Å². The third kappa shape index (κ3) is 4.23. The standard InChI is InChI=1S/C18H24N2/c1-5-9-13-17(12-8-4)20-18(14-15-19-20)16(10-6-2)11-7-3/h5-13,15,18H,2,14H2,1,3-4H3/b9-5-,11-7-,12-8-,16-10+,17-13+. The molecule has 20 heavy (non-hydrogen) atoms. The van der Waals surface area contributed by atoms with Crippen LogP contribution in [0.4, 0.5) is 0 Å². The van der Waals surface area contributed by atoms with E-state index < -0.39 is 0 Å². The van der Waals surface area contributed by atoms with Crippen molar-refractivity contribution in [3.05, 3.63) is 72.5 Å². The van der Waals surface area contributed by atoms with Crippen LogP contribution in [0, 0.1) is 0 Å². The van der Waals surface area contributed by atoms with Crippen LogP contribution in [0.15, 0.2) is 77.6 Å². The van der Waals surface area contributed by atoms with Crippen molar-refractivity contribution in [2.45, 2.75) is 33.2 Å². The minimum Gasteiger partial charge on any atom is -0.258 e. The van der Waals surface area contributed by atoms with Crippen LogP contribution < -0.4 is 0 Å². The quantitative estimate of drug-likeness (QED) is 0.633. The third-order valence-corrected chi connectivity index (χ3v) is 2.95. The van der Waals surface area contributed by atoms with Crippen molar-refractivity contribution < 1.29 is 0 Å². The molecule has 1 heterocycles. The van der Waals surface area contributed by atoms with Gasteiger partial charge in [0, 0.05) is 12.6 Å². The van der Waals surface area contributed by atoms with E-state index in [2.05, 4.69) is 47.1 Å². The molecule has 0 N–H and O–H groups in total. The van der Waals surface area contributed by atoms with E-state index in [9.17, 15) is 0 Å². The number of hydrazone groups is 1. The normalized spacial score (nSPS) is 20.9. The molecule has 0 radical (unpaired) electrons. The fourth-order valence-corrected chi connectivity index (χ4v) is 2.12. The Hall–Kier alpha value is -2.09. The van der Waals surface area contributed by atoms with Gasteiger partial charge in [-0.3, -0.25) is 5.01 Å². The third-order valence-electron chi connectivity index (χ3n) is 2.95. The van der Waals surface area contributed by atoms with Gasteiger partial charge in [-0.1, -0.05) is 49.1 Å². The van der Waals surface area contributed by atoms with Crippen molar-refractivity contribution in [1.82, 2.24) is 5.01 Å². The van der Waals surface area contributed by atoms with Crippen LogP contribution >= 0.6 is 0 Å². The smallest absolute Gasteiger partial charge is 0.0825 e. The molecule has 106 valence electrons. The molecule has 1 atom stereocenters. The molecule has 0 aromatic carbocycles. The summed E-state index contributed by atoms with van der Waals surface area (Å²) in [7, 11) is 0. The molecular weight excluding hydrogens is 244 g/mol. The van der Waals surface area contributed by atoms with Crippen molar-refractivity contribution in [3.8, 4) is 0 Å². The van der Waals surface area contributed by atoms with Gasteiger partial charge in [-0.2, -0.15) is 5.10 Å². The fourth-order valence-electron chi connectivity index (χ4n) is 2.12. The molecule has 0 bridgehead atoms. The SMILES string of the molecule is C=C/C=C(\C=C/C)C1CC=NN1C(/C=C\C)=C/C=C\C. The highest BCUT2D eigenvalue weighted by Crippen LogP contribution is 2.25. The average molecular weight is 268 g/mol. The molecule has 1 aliphatic heterocycles. The molecule has 0 aromatic heterocycles. The largest absolute Gasteiger partial charge is 0.258 e. The summed E-state index contributed by atoms with van der Waals surface area (Å²) in [6, 6.07) is 0.233. The summed E-state index contributed by atoms with van der Waals surface area (Å²) in [5, 5.41) is 6.59. The van der Waals surface area contributed by atoms with Gasteiger partial charge in [0.25, 0.3) is 0 Å². The van der Waals surface area contributed by atoms with Crippen molar-refractivity contribution in [1.29, 1.82) is 0 Å². The van der Waals surface area contributed by atoms with E-state index in [0.29, 0.717) is 0 Å². The predicted molar refractivity (Wildman–Crippen MR) is 89.5 cm³/mol. The first-order chi connectivity index (χ1) is 9.78. The monoisotopic (exact) mass is 268 g/mol. The van der Waals surface area contributed by atoms with Crippen LogP contribution in [0.3, 0.4) is 0 Å². The van der Waals surface area contributed by atoms with Crippen LogP contribution in [0.5, 0.6) is 0 Å². The summed E-state index contributed by atoms with van der Waals surface area (Å²) in [4.78, 5) is 0. The molecular formula is C18H24N2. The molecule has 0 saturated carbocycles. The Morgan fingerprint density at radius 3 is 2.50 bits per heavy atom. The van der Waals surface area contributed by atoms with Gasteiger partial charge in [0.1, 0.15) is 0 Å². The van der Waals surface area contributed by atoms with Crippen molar-refractivity contribution in [2.24, 2.45) is 5.10 Å². The Labute approximate surface area is 122 Å². The van der Waals surface area contributed by atoms with Crippen LogP contribution in [0.2, 0.25) is 0 Å². The fraction of sp³-hybridized carbons (Fsp3) is 0.278. The van der Waals surface area contributed by atoms with Crippen LogP contribution in [-0.2, 0) is 0 Å². The van der Waals surface area contributed by atoms with Crippen LogP contribution in [-0.4, -0.2) is 17.3 Å². The first-order valence-corrected chi connectivity index (χ1v) is 7.01. The number of allylic oxidation sites excluding steroid dienone is 8. The lowest BCUT2D eigenvalue weighted by atomic mass is 10.0. The summed E-state index contributed by atoms with van der Waals surface area (Å²) >= 11 is 0. The van der Waals surface area contributed by atoms with E-state index in [1.165, 1.54) is 5.57 Å². The highest BCUT2D eigenvalue weighted by molar-refractivity contribution is 5.62. The number of rotatable bonds is 6. The Morgan fingerprint density at radius 2 is 1.90 bits per heavy atom. The molecule has 0 fully saturated rings. The lowest BCUT2D eigenvalue weighted by Crippen LogP contribution is -2.26. The summed E-state index contributed by atoms with van der Waals surface area (Å²) in [6.45, 7) is 9.86. The average Bonchev–Trinajstić information content (AvgIpc) is 2.92. The topological polar surface area (TPSA) is 15.6 Å². The predicted octanol–water partition coefficient (Wildman–Crippen LogP) is 4.77. The van der Waals surface area contributed by atoms with Crippen molar-refractivity contribution in [3.63, 3.8) is 0 Å². The lowest BCUT2D eigenvalue weighted by Gasteiger charge is -2.25. The second-order valence-corrected chi connectivity index (χ2v) is 4.41. The van der Waals surface area contributed by atoms with Gasteiger partial charge < -0.3 is 0 Å². The molecule has 1 rings (SSSR count). The second kappa shape index (κ2) is 8.92. The molecule has 2 heteroatoms. The van der Waals surface area contributed by atoms with E-state index in [1.807, 2.05) is 51.3 Å². The summed E-state index contributed by atoms with van der Waals surface area (Å²) in [5.41, 5.74) is 2.31. The van der Waals surface area contributed by atoms with E-state index in [0.717, 1.165) is 12.1 Å². The summed E-state index contributed by atoms with van der Waals surface area (Å²) in [5.74, 6) is 0. The molecule has 0 aromatic rings. The van der Waals surface area contributed by atoms with E-state index in [-0.39, 0.29) is 6.04 Å². The summed E-state index contributed by atoms with van der Waals surface area (Å²) < 4.78 is 0. The molecule has 1 aliphatic rings. The maximum absolute atomic E-state index is 4.52. The number of nitrogens with zero attached hydrogens (tertiary/aromatic N) is 2. The molecule has 0 spiro atoms. The first-order valence-electron chi connectivity index (χ1n) is 7.01. The second-order valence-electron chi connectivity index (χ2n) is 4.41. The van der Waals surface area contributed by atoms with Crippen LogP contribution in [0.25, 0.3) is 0 Å². The molecule has 0 saturated heterocycles.